The van der Waals surface area contributed by atoms with Crippen molar-refractivity contribution in [2.45, 2.75) is 25.5 Å². The summed E-state index contributed by atoms with van der Waals surface area (Å²) in [5.74, 6) is 0.118. The summed E-state index contributed by atoms with van der Waals surface area (Å²) in [6.45, 7) is 2.62. The van der Waals surface area contributed by atoms with Crippen LogP contribution in [-0.2, 0) is 10.3 Å². The zero-order chi connectivity index (χ0) is 19.6. The summed E-state index contributed by atoms with van der Waals surface area (Å²) in [7, 11) is 0. The predicted molar refractivity (Wildman–Crippen MR) is 94.3 cm³/mol. The molecule has 2 heterocycles. The molecule has 0 bridgehead atoms. The Bertz CT molecular complexity index is 863. The van der Waals surface area contributed by atoms with E-state index in [1.54, 1.807) is 43.3 Å². The van der Waals surface area contributed by atoms with Crippen LogP contribution in [-0.4, -0.2) is 47.0 Å². The molecule has 2 unspecified atom stereocenters. The van der Waals surface area contributed by atoms with E-state index < -0.39 is 23.6 Å². The number of hydrogen-bond donors (Lipinski definition) is 2. The summed E-state index contributed by atoms with van der Waals surface area (Å²) in [5.41, 5.74) is -0.818. The zero-order valence-corrected chi connectivity index (χ0v) is 15.0. The number of amides is 3. The summed E-state index contributed by atoms with van der Waals surface area (Å²) < 4.78 is 10.7. The van der Waals surface area contributed by atoms with Crippen molar-refractivity contribution in [3.63, 3.8) is 0 Å². The molecule has 1 aliphatic rings. The van der Waals surface area contributed by atoms with E-state index in [2.05, 4.69) is 5.32 Å². The van der Waals surface area contributed by atoms with E-state index >= 15 is 0 Å². The molecule has 1 fully saturated rings. The quantitative estimate of drug-likeness (QED) is 0.565. The molecule has 2 aromatic rings. The number of urea groups is 1. The highest BCUT2D eigenvalue weighted by atomic mass is 16.5. The maximum atomic E-state index is 12.7. The normalized spacial score (nSPS) is 20.5. The number of furan rings is 1. The lowest BCUT2D eigenvalue weighted by atomic mass is 9.99. The second kappa shape index (κ2) is 7.24. The third-order valence-electron chi connectivity index (χ3n) is 4.37. The molecular formula is C19H20N2O6. The van der Waals surface area contributed by atoms with Gasteiger partial charge in [0.25, 0.3) is 5.91 Å². The molecule has 1 aromatic carbocycles. The monoisotopic (exact) mass is 372 g/mol. The van der Waals surface area contributed by atoms with Crippen LogP contribution in [0.3, 0.4) is 0 Å². The fourth-order valence-electron chi connectivity index (χ4n) is 2.85. The van der Waals surface area contributed by atoms with Gasteiger partial charge in [0.15, 0.2) is 11.3 Å². The molecule has 8 heteroatoms. The molecule has 2 atom stereocenters. The second-order valence-electron chi connectivity index (χ2n) is 6.50. The van der Waals surface area contributed by atoms with Crippen LogP contribution in [0.5, 0.6) is 5.75 Å². The van der Waals surface area contributed by atoms with Gasteiger partial charge >= 0.3 is 6.03 Å². The van der Waals surface area contributed by atoms with E-state index in [1.165, 1.54) is 13.2 Å². The number of ketones is 1. The van der Waals surface area contributed by atoms with Gasteiger partial charge in [-0.15, -0.1) is 0 Å². The molecule has 1 aromatic heterocycles. The Morgan fingerprint density at radius 1 is 1.33 bits per heavy atom. The average Bonchev–Trinajstić information content (AvgIpc) is 3.25. The number of rotatable bonds is 7. The molecule has 142 valence electrons. The second-order valence-corrected chi connectivity index (χ2v) is 6.50. The lowest BCUT2D eigenvalue weighted by molar-refractivity contribution is -0.132. The fourth-order valence-corrected chi connectivity index (χ4v) is 2.85. The van der Waals surface area contributed by atoms with Gasteiger partial charge in [0, 0.05) is 5.56 Å². The van der Waals surface area contributed by atoms with E-state index in [0.29, 0.717) is 17.1 Å². The number of hydrogen-bond acceptors (Lipinski definition) is 6. The van der Waals surface area contributed by atoms with Crippen molar-refractivity contribution in [2.75, 3.05) is 13.2 Å². The number of aliphatic hydroxyl groups excluding tert-OH is 1. The largest absolute Gasteiger partial charge is 0.491 e. The Labute approximate surface area is 155 Å². The maximum Gasteiger partial charge on any atom is 0.325 e. The van der Waals surface area contributed by atoms with Gasteiger partial charge in [-0.2, -0.15) is 0 Å². The highest BCUT2D eigenvalue weighted by molar-refractivity contribution is 6.06. The van der Waals surface area contributed by atoms with Crippen LogP contribution in [0.1, 0.15) is 30.0 Å². The van der Waals surface area contributed by atoms with Gasteiger partial charge in [-0.1, -0.05) is 12.1 Å². The number of nitrogens with one attached hydrogen (secondary N) is 1. The van der Waals surface area contributed by atoms with Gasteiger partial charge in [0.05, 0.1) is 12.8 Å². The Balaban J connectivity index is 1.62. The number of carbonyl (C=O) groups excluding carboxylic acids is 3. The standard InChI is InChI=1S/C19H20N2O6/c1-12(22)13-5-3-6-15(9-13)27-11-14(23)10-21-17(24)19(2,20-18(21)25)16-7-4-8-26-16/h3-9,14,23H,10-11H2,1-2H3,(H,20,25). The SMILES string of the molecule is CC(=O)c1cccc(OCC(O)CN2C(=O)NC(C)(c3ccco3)C2=O)c1. The van der Waals surface area contributed by atoms with E-state index in [0.717, 1.165) is 4.90 Å². The van der Waals surface area contributed by atoms with E-state index in [-0.39, 0.29) is 18.9 Å². The first-order valence-electron chi connectivity index (χ1n) is 8.41. The number of Topliss-reactive ketones (excluding diaryl/α,β-unsaturated/α-hetero) is 1. The van der Waals surface area contributed by atoms with Gasteiger partial charge in [-0.25, -0.2) is 4.79 Å². The minimum atomic E-state index is -1.31. The fraction of sp³-hybridized carbons (Fsp3) is 0.316. The molecule has 1 saturated heterocycles. The Morgan fingerprint density at radius 2 is 2.11 bits per heavy atom. The van der Waals surface area contributed by atoms with Gasteiger partial charge in [-0.05, 0) is 38.1 Å². The molecule has 3 rings (SSSR count). The Kier molecular flexibility index (Phi) is 5.00. The van der Waals surface area contributed by atoms with Gasteiger partial charge in [-0.3, -0.25) is 14.5 Å². The van der Waals surface area contributed by atoms with Gasteiger partial charge in [0.2, 0.25) is 0 Å². The summed E-state index contributed by atoms with van der Waals surface area (Å²) in [5, 5.41) is 12.8. The number of ether oxygens (including phenoxy) is 1. The van der Waals surface area contributed by atoms with Crippen molar-refractivity contribution >= 4 is 17.7 Å². The van der Waals surface area contributed by atoms with Crippen LogP contribution in [0.15, 0.2) is 47.1 Å². The molecule has 0 spiro atoms. The smallest absolute Gasteiger partial charge is 0.325 e. The van der Waals surface area contributed by atoms with Crippen LogP contribution >= 0.6 is 0 Å². The minimum Gasteiger partial charge on any atom is -0.491 e. The Morgan fingerprint density at radius 3 is 2.78 bits per heavy atom. The number of carbonyl (C=O) groups is 3. The van der Waals surface area contributed by atoms with Crippen molar-refractivity contribution in [1.29, 1.82) is 0 Å². The maximum absolute atomic E-state index is 12.7. The molecular weight excluding hydrogens is 352 g/mol. The third kappa shape index (κ3) is 3.70. The van der Waals surface area contributed by atoms with E-state index in [1.807, 2.05) is 0 Å². The molecule has 0 saturated carbocycles. The van der Waals surface area contributed by atoms with Crippen LogP contribution < -0.4 is 10.1 Å². The Hall–Kier alpha value is -3.13. The first kappa shape index (κ1) is 18.7. The summed E-state index contributed by atoms with van der Waals surface area (Å²) >= 11 is 0. The number of nitrogens with zero attached hydrogens (tertiary/aromatic N) is 1. The first-order chi connectivity index (χ1) is 12.8. The average molecular weight is 372 g/mol. The van der Waals surface area contributed by atoms with Crippen molar-refractivity contribution < 1.29 is 28.6 Å². The van der Waals surface area contributed by atoms with Crippen molar-refractivity contribution in [3.05, 3.63) is 54.0 Å². The minimum absolute atomic E-state index is 0.0995. The molecule has 8 nitrogen and oxygen atoms in total. The van der Waals surface area contributed by atoms with E-state index in [9.17, 15) is 19.5 Å². The van der Waals surface area contributed by atoms with Crippen molar-refractivity contribution in [3.8, 4) is 5.75 Å². The van der Waals surface area contributed by atoms with Gasteiger partial charge in [0.1, 0.15) is 24.2 Å². The highest BCUT2D eigenvalue weighted by Gasteiger charge is 2.51. The molecule has 3 amide bonds. The molecule has 1 aliphatic heterocycles. The van der Waals surface area contributed by atoms with Crippen LogP contribution in [0.25, 0.3) is 0 Å². The topological polar surface area (TPSA) is 109 Å². The van der Waals surface area contributed by atoms with Crippen LogP contribution in [0.2, 0.25) is 0 Å². The van der Waals surface area contributed by atoms with Crippen molar-refractivity contribution in [1.82, 2.24) is 10.2 Å². The first-order valence-corrected chi connectivity index (χ1v) is 8.41. The zero-order valence-electron chi connectivity index (χ0n) is 15.0. The van der Waals surface area contributed by atoms with Crippen LogP contribution in [0.4, 0.5) is 4.79 Å². The predicted octanol–water partition coefficient (Wildman–Crippen LogP) is 1.69. The number of β-amino-alcohol motifs (C(OH)–C–C–N with tert-alkyl or cyclic N) is 1. The number of imide groups is 1. The lowest BCUT2D eigenvalue weighted by Gasteiger charge is -2.21. The molecule has 0 radical (unpaired) electrons. The molecule has 2 N–H and O–H groups in total. The summed E-state index contributed by atoms with van der Waals surface area (Å²) in [6, 6.07) is 9.16. The van der Waals surface area contributed by atoms with E-state index in [4.69, 9.17) is 9.15 Å². The number of benzene rings is 1. The lowest BCUT2D eigenvalue weighted by Crippen LogP contribution is -2.42. The molecule has 27 heavy (non-hydrogen) atoms. The van der Waals surface area contributed by atoms with Crippen LogP contribution in [0, 0.1) is 0 Å². The molecule has 0 aliphatic carbocycles. The third-order valence-corrected chi connectivity index (χ3v) is 4.37. The highest BCUT2D eigenvalue weighted by Crippen LogP contribution is 2.29. The summed E-state index contributed by atoms with van der Waals surface area (Å²) in [4.78, 5) is 37.2. The number of aliphatic hydroxyl groups is 1. The summed E-state index contributed by atoms with van der Waals surface area (Å²) in [6.07, 6.45) is 0.320. The van der Waals surface area contributed by atoms with Gasteiger partial charge < -0.3 is 19.6 Å². The van der Waals surface area contributed by atoms with Crippen molar-refractivity contribution in [2.24, 2.45) is 0 Å².